The number of aryl methyl sites for hydroxylation is 1. The van der Waals surface area contributed by atoms with E-state index in [0.29, 0.717) is 0 Å². The van der Waals surface area contributed by atoms with Crippen LogP contribution in [0, 0.1) is 6.92 Å². The maximum atomic E-state index is 13.5. The van der Waals surface area contributed by atoms with E-state index in [4.69, 9.17) is 9.72 Å². The Kier molecular flexibility index (Phi) is 4.79. The van der Waals surface area contributed by atoms with Crippen LogP contribution in [0.3, 0.4) is 0 Å². The second-order valence-electron chi connectivity index (χ2n) is 8.32. The number of fused-ring (bicyclic) bond motifs is 1. The molecular formula is C23H27N3O2S. The molecule has 1 amide bonds. The van der Waals surface area contributed by atoms with Crippen molar-refractivity contribution in [1.82, 2.24) is 9.88 Å². The smallest absolute Gasteiger partial charge is 0.257 e. The molecule has 0 aliphatic carbocycles. The van der Waals surface area contributed by atoms with E-state index in [-0.39, 0.29) is 18.2 Å². The fourth-order valence-electron chi connectivity index (χ4n) is 5.03. The highest BCUT2D eigenvalue weighted by atomic mass is 32.2. The van der Waals surface area contributed by atoms with Crippen LogP contribution in [0.25, 0.3) is 0 Å². The highest BCUT2D eigenvalue weighted by molar-refractivity contribution is 7.98. The Morgan fingerprint density at radius 1 is 1.14 bits per heavy atom. The molecule has 0 radical (unpaired) electrons. The molecule has 29 heavy (non-hydrogen) atoms. The Balaban J connectivity index is 1.33. The summed E-state index contributed by atoms with van der Waals surface area (Å²) in [7, 11) is 0. The van der Waals surface area contributed by atoms with Crippen LogP contribution in [0.15, 0.2) is 47.5 Å². The number of anilines is 1. The molecule has 4 heterocycles. The number of nitrogens with zero attached hydrogens (tertiary/aromatic N) is 3. The third kappa shape index (κ3) is 3.22. The van der Waals surface area contributed by atoms with E-state index >= 15 is 0 Å². The Morgan fingerprint density at radius 3 is 2.62 bits per heavy atom. The zero-order valence-corrected chi connectivity index (χ0v) is 17.8. The van der Waals surface area contributed by atoms with Crippen molar-refractivity contribution in [3.8, 4) is 0 Å². The molecule has 0 saturated carbocycles. The fourth-order valence-corrected chi connectivity index (χ4v) is 5.52. The van der Waals surface area contributed by atoms with Crippen molar-refractivity contribution < 1.29 is 9.53 Å². The zero-order valence-electron chi connectivity index (χ0n) is 17.0. The molecule has 3 fully saturated rings. The number of pyridine rings is 1. The first-order chi connectivity index (χ1) is 14.1. The first-order valence-corrected chi connectivity index (χ1v) is 11.7. The molecule has 1 aromatic heterocycles. The van der Waals surface area contributed by atoms with Crippen molar-refractivity contribution in [3.63, 3.8) is 0 Å². The molecule has 2 atom stereocenters. The van der Waals surface area contributed by atoms with Crippen molar-refractivity contribution >= 4 is 23.5 Å². The number of carbonyl (C=O) groups is 1. The van der Waals surface area contributed by atoms with E-state index in [9.17, 15) is 4.79 Å². The number of ether oxygens (including phenoxy) is 1. The van der Waals surface area contributed by atoms with Gasteiger partial charge in [0, 0.05) is 25.9 Å². The third-order valence-electron chi connectivity index (χ3n) is 6.54. The molecule has 1 spiro atoms. The minimum absolute atomic E-state index is 0.0700. The Hall–Kier alpha value is -2.05. The second-order valence-corrected chi connectivity index (χ2v) is 9.14. The van der Waals surface area contributed by atoms with Crippen LogP contribution in [0.4, 0.5) is 5.82 Å². The van der Waals surface area contributed by atoms with Gasteiger partial charge in [-0.2, -0.15) is 0 Å². The Morgan fingerprint density at radius 2 is 1.90 bits per heavy atom. The van der Waals surface area contributed by atoms with E-state index in [2.05, 4.69) is 54.5 Å². The van der Waals surface area contributed by atoms with Gasteiger partial charge in [0.25, 0.3) is 5.91 Å². The third-order valence-corrected chi connectivity index (χ3v) is 7.17. The van der Waals surface area contributed by atoms with Gasteiger partial charge in [-0.1, -0.05) is 30.3 Å². The lowest BCUT2D eigenvalue weighted by molar-refractivity contribution is -0.140. The number of hydrogen-bond acceptors (Lipinski definition) is 5. The molecule has 3 aliphatic heterocycles. The topological polar surface area (TPSA) is 45.7 Å². The van der Waals surface area contributed by atoms with Crippen LogP contribution in [-0.2, 0) is 9.53 Å². The number of thioether (sulfide) groups is 1. The summed E-state index contributed by atoms with van der Waals surface area (Å²) in [5.74, 6) is 1.20. The molecule has 152 valence electrons. The average molecular weight is 410 g/mol. The van der Waals surface area contributed by atoms with Crippen molar-refractivity contribution in [1.29, 1.82) is 0 Å². The summed E-state index contributed by atoms with van der Waals surface area (Å²) in [4.78, 5) is 22.6. The number of piperidine rings is 1. The first kappa shape index (κ1) is 18.9. The van der Waals surface area contributed by atoms with Crippen LogP contribution in [-0.4, -0.2) is 47.0 Å². The van der Waals surface area contributed by atoms with Crippen LogP contribution >= 0.6 is 11.8 Å². The summed E-state index contributed by atoms with van der Waals surface area (Å²) in [6.45, 7) is 3.71. The predicted octanol–water partition coefficient (Wildman–Crippen LogP) is 4.17. The quantitative estimate of drug-likeness (QED) is 0.712. The summed E-state index contributed by atoms with van der Waals surface area (Å²) in [6, 6.07) is 14.8. The minimum atomic E-state index is -0.652. The number of aromatic nitrogens is 1. The molecule has 0 unspecified atom stereocenters. The van der Waals surface area contributed by atoms with E-state index in [1.807, 2.05) is 11.0 Å². The number of amides is 1. The SMILES string of the molecule is CSc1cc(C)cc(N2CCC3(CC2)O[C@@H]2CC[C@@H](c4ccccc4)N2C3=O)n1. The van der Waals surface area contributed by atoms with Gasteiger partial charge in [-0.3, -0.25) is 4.79 Å². The number of benzene rings is 1. The summed E-state index contributed by atoms with van der Waals surface area (Å²) >= 11 is 1.67. The van der Waals surface area contributed by atoms with Gasteiger partial charge >= 0.3 is 0 Å². The molecule has 1 aromatic carbocycles. The normalized spacial score (nSPS) is 25.7. The average Bonchev–Trinajstić information content (AvgIpc) is 3.27. The van der Waals surface area contributed by atoms with Gasteiger partial charge in [-0.05, 0) is 49.3 Å². The van der Waals surface area contributed by atoms with Crippen LogP contribution < -0.4 is 4.90 Å². The van der Waals surface area contributed by atoms with Crippen molar-refractivity contribution in [2.75, 3.05) is 24.2 Å². The molecule has 0 N–H and O–H groups in total. The van der Waals surface area contributed by atoms with Gasteiger partial charge < -0.3 is 14.5 Å². The molecule has 3 aliphatic rings. The van der Waals surface area contributed by atoms with Gasteiger partial charge in [0.05, 0.1) is 11.1 Å². The van der Waals surface area contributed by atoms with Gasteiger partial charge in [0.1, 0.15) is 12.0 Å². The lowest BCUT2D eigenvalue weighted by atomic mass is 9.89. The summed E-state index contributed by atoms with van der Waals surface area (Å²) in [5.41, 5.74) is 1.79. The first-order valence-electron chi connectivity index (χ1n) is 10.4. The lowest BCUT2D eigenvalue weighted by Crippen LogP contribution is -2.50. The number of hydrogen-bond donors (Lipinski definition) is 0. The summed E-state index contributed by atoms with van der Waals surface area (Å²) in [5, 5.41) is 1.04. The van der Waals surface area contributed by atoms with Gasteiger partial charge in [-0.25, -0.2) is 4.98 Å². The number of carbonyl (C=O) groups excluding carboxylic acids is 1. The largest absolute Gasteiger partial charge is 0.356 e. The highest BCUT2D eigenvalue weighted by Crippen LogP contribution is 2.47. The van der Waals surface area contributed by atoms with E-state index in [0.717, 1.165) is 49.6 Å². The van der Waals surface area contributed by atoms with Crippen LogP contribution in [0.2, 0.25) is 0 Å². The highest BCUT2D eigenvalue weighted by Gasteiger charge is 2.57. The summed E-state index contributed by atoms with van der Waals surface area (Å²) < 4.78 is 6.46. The molecule has 0 bridgehead atoms. The minimum Gasteiger partial charge on any atom is -0.356 e. The van der Waals surface area contributed by atoms with Crippen molar-refractivity contribution in [2.24, 2.45) is 0 Å². The van der Waals surface area contributed by atoms with E-state index < -0.39 is 5.60 Å². The van der Waals surface area contributed by atoms with Crippen molar-refractivity contribution in [3.05, 3.63) is 53.6 Å². The molecule has 2 aromatic rings. The molecule has 3 saturated heterocycles. The number of rotatable bonds is 3. The second kappa shape index (κ2) is 7.33. The van der Waals surface area contributed by atoms with Crippen LogP contribution in [0.5, 0.6) is 0 Å². The van der Waals surface area contributed by atoms with E-state index in [1.54, 1.807) is 11.8 Å². The van der Waals surface area contributed by atoms with E-state index in [1.165, 1.54) is 11.1 Å². The van der Waals surface area contributed by atoms with Crippen molar-refractivity contribution in [2.45, 2.75) is 55.5 Å². The molecule has 5 rings (SSSR count). The van der Waals surface area contributed by atoms with Crippen LogP contribution in [0.1, 0.15) is 42.9 Å². The maximum absolute atomic E-state index is 13.5. The zero-order chi connectivity index (χ0) is 20.0. The Bertz CT molecular complexity index is 912. The Labute approximate surface area is 176 Å². The van der Waals surface area contributed by atoms with Gasteiger partial charge in [-0.15, -0.1) is 11.8 Å². The maximum Gasteiger partial charge on any atom is 0.257 e. The molecule has 6 heteroatoms. The van der Waals surface area contributed by atoms with Gasteiger partial charge in [0.2, 0.25) is 0 Å². The predicted molar refractivity (Wildman–Crippen MR) is 115 cm³/mol. The fraction of sp³-hybridized carbons (Fsp3) is 0.478. The lowest BCUT2D eigenvalue weighted by Gasteiger charge is -2.38. The van der Waals surface area contributed by atoms with Gasteiger partial charge in [0.15, 0.2) is 5.60 Å². The summed E-state index contributed by atoms with van der Waals surface area (Å²) in [6.07, 6.45) is 5.34. The monoisotopic (exact) mass is 409 g/mol. The molecular weight excluding hydrogens is 382 g/mol. The standard InChI is InChI=1S/C23H27N3O2S/c1-16-14-19(24-20(15-16)29-2)25-12-10-23(11-13-25)22(27)26-18(8-9-21(26)28-23)17-6-4-3-5-7-17/h3-7,14-15,18,21H,8-13H2,1-2H3/t18-,21+/m0/s1. The molecule has 5 nitrogen and oxygen atoms in total.